The zero-order chi connectivity index (χ0) is 15.1. The molecule has 116 valence electrons. The molecule has 1 heterocycles. The van der Waals surface area contributed by atoms with Gasteiger partial charge in [0.25, 0.3) is 5.69 Å². The molecule has 0 aromatic heterocycles. The van der Waals surface area contributed by atoms with Gasteiger partial charge in [0.15, 0.2) is 0 Å². The lowest BCUT2D eigenvalue weighted by Gasteiger charge is -2.12. The Balaban J connectivity index is 1.95. The third kappa shape index (κ3) is 4.90. The lowest BCUT2D eigenvalue weighted by Crippen LogP contribution is -2.24. The molecular formula is C15H23N3O3. The van der Waals surface area contributed by atoms with Crippen molar-refractivity contribution in [1.29, 1.82) is 0 Å². The Bertz CT molecular complexity index is 473. The van der Waals surface area contributed by atoms with Crippen molar-refractivity contribution in [2.24, 2.45) is 0 Å². The van der Waals surface area contributed by atoms with Crippen LogP contribution in [0.25, 0.3) is 0 Å². The number of hydrogen-bond acceptors (Lipinski definition) is 5. The summed E-state index contributed by atoms with van der Waals surface area (Å²) in [6.07, 6.45) is 4.34. The van der Waals surface area contributed by atoms with Crippen LogP contribution >= 0.6 is 0 Å². The predicted octanol–water partition coefficient (Wildman–Crippen LogP) is 2.94. The molecule has 0 aliphatic carbocycles. The fourth-order valence-corrected chi connectivity index (χ4v) is 2.49. The quantitative estimate of drug-likeness (QED) is 0.569. The molecule has 1 fully saturated rings. The number of hydrogen-bond donors (Lipinski definition) is 2. The van der Waals surface area contributed by atoms with Gasteiger partial charge in [-0.3, -0.25) is 10.1 Å². The molecule has 1 unspecified atom stereocenters. The largest absolute Gasteiger partial charge is 0.493 e. The summed E-state index contributed by atoms with van der Waals surface area (Å²) in [5.41, 5.74) is 0.804. The summed E-state index contributed by atoms with van der Waals surface area (Å²) in [5.74, 6) is 0.549. The van der Waals surface area contributed by atoms with Gasteiger partial charge in [0.2, 0.25) is 0 Å². The Morgan fingerprint density at radius 2 is 2.33 bits per heavy atom. The Morgan fingerprint density at radius 1 is 1.48 bits per heavy atom. The molecule has 21 heavy (non-hydrogen) atoms. The minimum Gasteiger partial charge on any atom is -0.493 e. The summed E-state index contributed by atoms with van der Waals surface area (Å²) in [7, 11) is 0. The SMILES string of the molecule is CCCOc1cc(NCCC2CCCN2)cc([N+](=O)[O-])c1. The van der Waals surface area contributed by atoms with E-state index in [9.17, 15) is 10.1 Å². The lowest BCUT2D eigenvalue weighted by atomic mass is 10.1. The first-order valence-electron chi connectivity index (χ1n) is 7.58. The Morgan fingerprint density at radius 3 is 3.00 bits per heavy atom. The third-order valence-electron chi connectivity index (χ3n) is 3.56. The molecule has 2 rings (SSSR count). The van der Waals surface area contributed by atoms with Gasteiger partial charge in [-0.1, -0.05) is 6.92 Å². The number of nitro benzene ring substituents is 1. The molecule has 1 aromatic carbocycles. The summed E-state index contributed by atoms with van der Waals surface area (Å²) in [6.45, 7) is 4.46. The van der Waals surface area contributed by atoms with Gasteiger partial charge in [-0.15, -0.1) is 0 Å². The van der Waals surface area contributed by atoms with Crippen LogP contribution in [-0.2, 0) is 0 Å². The molecular weight excluding hydrogens is 270 g/mol. The predicted molar refractivity (Wildman–Crippen MR) is 83.0 cm³/mol. The van der Waals surface area contributed by atoms with E-state index in [1.807, 2.05) is 13.0 Å². The van der Waals surface area contributed by atoms with Crippen LogP contribution in [0, 0.1) is 10.1 Å². The minimum atomic E-state index is -0.386. The smallest absolute Gasteiger partial charge is 0.275 e. The second-order valence-electron chi connectivity index (χ2n) is 5.33. The van der Waals surface area contributed by atoms with Gasteiger partial charge in [0.1, 0.15) is 5.75 Å². The van der Waals surface area contributed by atoms with Crippen LogP contribution in [0.3, 0.4) is 0 Å². The minimum absolute atomic E-state index is 0.0603. The van der Waals surface area contributed by atoms with Gasteiger partial charge in [0.05, 0.1) is 17.6 Å². The van der Waals surface area contributed by atoms with Crippen LogP contribution in [-0.4, -0.2) is 30.7 Å². The van der Waals surface area contributed by atoms with Gasteiger partial charge in [-0.05, 0) is 32.2 Å². The first kappa shape index (κ1) is 15.6. The summed E-state index contributed by atoms with van der Waals surface area (Å²) in [4.78, 5) is 10.6. The zero-order valence-corrected chi connectivity index (χ0v) is 12.4. The zero-order valence-electron chi connectivity index (χ0n) is 12.4. The Kier molecular flexibility index (Phi) is 5.80. The Hall–Kier alpha value is -1.82. The van der Waals surface area contributed by atoms with Crippen LogP contribution in [0.2, 0.25) is 0 Å². The van der Waals surface area contributed by atoms with Crippen molar-refractivity contribution < 1.29 is 9.66 Å². The van der Waals surface area contributed by atoms with E-state index in [2.05, 4.69) is 10.6 Å². The maximum atomic E-state index is 11.0. The number of ether oxygens (including phenoxy) is 1. The number of nitrogens with zero attached hydrogens (tertiary/aromatic N) is 1. The molecule has 0 amide bonds. The number of nitro groups is 1. The van der Waals surface area contributed by atoms with Gasteiger partial charge >= 0.3 is 0 Å². The molecule has 0 saturated carbocycles. The Labute approximate surface area is 125 Å². The van der Waals surface area contributed by atoms with Gasteiger partial charge in [0, 0.05) is 30.4 Å². The van der Waals surface area contributed by atoms with Crippen molar-refractivity contribution in [2.75, 3.05) is 25.0 Å². The van der Waals surface area contributed by atoms with Crippen LogP contribution < -0.4 is 15.4 Å². The highest BCUT2D eigenvalue weighted by atomic mass is 16.6. The van der Waals surface area contributed by atoms with E-state index >= 15 is 0 Å². The molecule has 1 aliphatic rings. The van der Waals surface area contributed by atoms with E-state index in [1.165, 1.54) is 18.9 Å². The van der Waals surface area contributed by atoms with E-state index in [0.717, 1.165) is 31.6 Å². The first-order chi connectivity index (χ1) is 10.2. The van der Waals surface area contributed by atoms with Crippen molar-refractivity contribution in [3.63, 3.8) is 0 Å². The second-order valence-corrected chi connectivity index (χ2v) is 5.33. The first-order valence-corrected chi connectivity index (χ1v) is 7.58. The van der Waals surface area contributed by atoms with E-state index in [0.29, 0.717) is 18.4 Å². The van der Waals surface area contributed by atoms with Gasteiger partial charge in [-0.25, -0.2) is 0 Å². The molecule has 1 saturated heterocycles. The highest BCUT2D eigenvalue weighted by molar-refractivity contribution is 5.56. The van der Waals surface area contributed by atoms with Gasteiger partial charge in [-0.2, -0.15) is 0 Å². The monoisotopic (exact) mass is 293 g/mol. The molecule has 0 radical (unpaired) electrons. The number of rotatable bonds is 8. The summed E-state index contributed by atoms with van der Waals surface area (Å²) in [6, 6.07) is 5.41. The second kappa shape index (κ2) is 7.83. The van der Waals surface area contributed by atoms with Crippen LogP contribution in [0.15, 0.2) is 18.2 Å². The summed E-state index contributed by atoms with van der Waals surface area (Å²) >= 11 is 0. The van der Waals surface area contributed by atoms with Gasteiger partial charge < -0.3 is 15.4 Å². The summed E-state index contributed by atoms with van der Waals surface area (Å²) in [5, 5.41) is 17.7. The maximum Gasteiger partial charge on any atom is 0.275 e. The molecule has 1 aromatic rings. The number of non-ortho nitro benzene ring substituents is 1. The van der Waals surface area contributed by atoms with Crippen LogP contribution in [0.5, 0.6) is 5.75 Å². The fourth-order valence-electron chi connectivity index (χ4n) is 2.49. The molecule has 6 nitrogen and oxygen atoms in total. The van der Waals surface area contributed by atoms with Crippen molar-refractivity contribution in [3.05, 3.63) is 28.3 Å². The highest BCUT2D eigenvalue weighted by Gasteiger charge is 2.14. The summed E-state index contributed by atoms with van der Waals surface area (Å²) < 4.78 is 5.51. The number of anilines is 1. The third-order valence-corrected chi connectivity index (χ3v) is 3.56. The molecule has 1 aliphatic heterocycles. The lowest BCUT2D eigenvalue weighted by molar-refractivity contribution is -0.384. The average molecular weight is 293 g/mol. The molecule has 0 bridgehead atoms. The van der Waals surface area contributed by atoms with Crippen molar-refractivity contribution in [3.8, 4) is 5.75 Å². The van der Waals surface area contributed by atoms with E-state index < -0.39 is 0 Å². The maximum absolute atomic E-state index is 11.0. The molecule has 6 heteroatoms. The average Bonchev–Trinajstić information content (AvgIpc) is 2.98. The topological polar surface area (TPSA) is 76.4 Å². The van der Waals surface area contributed by atoms with Crippen molar-refractivity contribution >= 4 is 11.4 Å². The standard InChI is InChI=1S/C15H23N3O3/c1-2-8-21-15-10-13(9-14(11-15)18(19)20)17-7-5-12-4-3-6-16-12/h9-12,16-17H,2-8H2,1H3. The van der Waals surface area contributed by atoms with Crippen LogP contribution in [0.4, 0.5) is 11.4 Å². The highest BCUT2D eigenvalue weighted by Crippen LogP contribution is 2.26. The number of nitrogens with one attached hydrogen (secondary N) is 2. The van der Waals surface area contributed by atoms with Crippen molar-refractivity contribution in [2.45, 2.75) is 38.6 Å². The van der Waals surface area contributed by atoms with E-state index in [4.69, 9.17) is 4.74 Å². The fraction of sp³-hybridized carbons (Fsp3) is 0.600. The number of benzene rings is 1. The van der Waals surface area contributed by atoms with E-state index in [-0.39, 0.29) is 10.6 Å². The van der Waals surface area contributed by atoms with Crippen LogP contribution in [0.1, 0.15) is 32.6 Å². The molecule has 2 N–H and O–H groups in total. The normalized spacial score (nSPS) is 17.7. The van der Waals surface area contributed by atoms with Crippen molar-refractivity contribution in [1.82, 2.24) is 5.32 Å². The molecule has 0 spiro atoms. The van der Waals surface area contributed by atoms with E-state index in [1.54, 1.807) is 6.07 Å². The molecule has 1 atom stereocenters.